The van der Waals surface area contributed by atoms with Crippen LogP contribution in [-0.2, 0) is 6.54 Å². The van der Waals surface area contributed by atoms with Crippen LogP contribution in [0.25, 0.3) is 0 Å². The summed E-state index contributed by atoms with van der Waals surface area (Å²) in [4.78, 5) is 11.8. The van der Waals surface area contributed by atoms with E-state index in [1.165, 1.54) is 0 Å². The van der Waals surface area contributed by atoms with Gasteiger partial charge in [-0.3, -0.25) is 4.79 Å². The van der Waals surface area contributed by atoms with Gasteiger partial charge in [0.25, 0.3) is 5.91 Å². The molecule has 0 saturated carbocycles. The minimum atomic E-state index is -0.100. The van der Waals surface area contributed by atoms with Crippen molar-refractivity contribution in [1.29, 1.82) is 0 Å². The maximum atomic E-state index is 11.8. The van der Waals surface area contributed by atoms with Crippen molar-refractivity contribution in [2.24, 2.45) is 0 Å². The first-order valence-electron chi connectivity index (χ1n) is 5.01. The van der Waals surface area contributed by atoms with Crippen molar-refractivity contribution in [1.82, 2.24) is 5.32 Å². The highest BCUT2D eigenvalue weighted by molar-refractivity contribution is 9.10. The fourth-order valence-electron chi connectivity index (χ4n) is 1.35. The molecule has 3 N–H and O–H groups in total. The average Bonchev–Trinajstić information content (AvgIpc) is 2.82. The lowest BCUT2D eigenvalue weighted by atomic mass is 10.2. The molecule has 88 valence electrons. The van der Waals surface area contributed by atoms with E-state index >= 15 is 0 Å². The third kappa shape index (κ3) is 3.08. The molecule has 2 rings (SSSR count). The minimum absolute atomic E-state index is 0.100. The van der Waals surface area contributed by atoms with Crippen molar-refractivity contribution < 1.29 is 4.79 Å². The highest BCUT2D eigenvalue weighted by Gasteiger charge is 2.07. The van der Waals surface area contributed by atoms with Crippen LogP contribution in [0.2, 0.25) is 0 Å². The molecule has 0 fully saturated rings. The van der Waals surface area contributed by atoms with Crippen LogP contribution in [0.15, 0.2) is 39.5 Å². The van der Waals surface area contributed by atoms with E-state index in [1.807, 2.05) is 16.8 Å². The highest BCUT2D eigenvalue weighted by Crippen LogP contribution is 2.20. The molecule has 0 saturated heterocycles. The van der Waals surface area contributed by atoms with Gasteiger partial charge in [-0.05, 0) is 56.5 Å². The summed E-state index contributed by atoms with van der Waals surface area (Å²) in [5.41, 5.74) is 7.99. The number of nitrogens with two attached hydrogens (primary N) is 1. The quantitative estimate of drug-likeness (QED) is 0.856. The lowest BCUT2D eigenvalue weighted by Gasteiger charge is -2.05. The first-order chi connectivity index (χ1) is 8.16. The summed E-state index contributed by atoms with van der Waals surface area (Å²) in [7, 11) is 0. The van der Waals surface area contributed by atoms with Crippen molar-refractivity contribution in [2.75, 3.05) is 5.73 Å². The Morgan fingerprint density at radius 1 is 1.41 bits per heavy atom. The molecule has 3 nitrogen and oxygen atoms in total. The number of anilines is 1. The summed E-state index contributed by atoms with van der Waals surface area (Å²) in [5, 5.41) is 6.85. The van der Waals surface area contributed by atoms with E-state index in [-0.39, 0.29) is 5.91 Å². The second-order valence-corrected chi connectivity index (χ2v) is 5.18. The molecule has 0 aliphatic rings. The standard InChI is InChI=1S/C12H11BrN2OS/c13-10-5-9(1-2-11(10)14)12(16)15-6-8-3-4-17-7-8/h1-5,7H,6,14H2,(H,15,16). The van der Waals surface area contributed by atoms with Crippen LogP contribution in [0, 0.1) is 0 Å². The van der Waals surface area contributed by atoms with Gasteiger partial charge in [-0.2, -0.15) is 11.3 Å². The van der Waals surface area contributed by atoms with Crippen molar-refractivity contribution in [3.63, 3.8) is 0 Å². The molecule has 1 heterocycles. The largest absolute Gasteiger partial charge is 0.398 e. The topological polar surface area (TPSA) is 55.1 Å². The minimum Gasteiger partial charge on any atom is -0.398 e. The lowest BCUT2D eigenvalue weighted by Crippen LogP contribution is -2.22. The molecule has 0 radical (unpaired) electrons. The lowest BCUT2D eigenvalue weighted by molar-refractivity contribution is 0.0951. The van der Waals surface area contributed by atoms with E-state index < -0.39 is 0 Å². The Morgan fingerprint density at radius 2 is 2.24 bits per heavy atom. The van der Waals surface area contributed by atoms with Gasteiger partial charge in [-0.15, -0.1) is 0 Å². The number of hydrogen-bond donors (Lipinski definition) is 2. The molecule has 5 heteroatoms. The summed E-state index contributed by atoms with van der Waals surface area (Å²) < 4.78 is 0.737. The molecule has 17 heavy (non-hydrogen) atoms. The van der Waals surface area contributed by atoms with E-state index in [4.69, 9.17) is 5.73 Å². The second kappa shape index (κ2) is 5.33. The van der Waals surface area contributed by atoms with E-state index in [9.17, 15) is 4.79 Å². The Bertz CT molecular complexity index is 525. The number of nitrogens with one attached hydrogen (secondary N) is 1. The molecule has 0 aliphatic heterocycles. The van der Waals surface area contributed by atoms with Crippen LogP contribution in [0.1, 0.15) is 15.9 Å². The number of carbonyl (C=O) groups is 1. The number of amides is 1. The summed E-state index contributed by atoms with van der Waals surface area (Å²) in [6, 6.07) is 7.13. The summed E-state index contributed by atoms with van der Waals surface area (Å²) in [6.07, 6.45) is 0. The number of carbonyl (C=O) groups excluding carboxylic acids is 1. The summed E-state index contributed by atoms with van der Waals surface area (Å²) in [5.74, 6) is -0.100. The van der Waals surface area contributed by atoms with E-state index in [0.717, 1.165) is 10.0 Å². The fourth-order valence-corrected chi connectivity index (χ4v) is 2.39. The zero-order valence-corrected chi connectivity index (χ0v) is 11.3. The highest BCUT2D eigenvalue weighted by atomic mass is 79.9. The number of halogens is 1. The van der Waals surface area contributed by atoms with E-state index in [0.29, 0.717) is 17.8 Å². The van der Waals surface area contributed by atoms with Gasteiger partial charge in [0.15, 0.2) is 0 Å². The maximum Gasteiger partial charge on any atom is 0.251 e. The first kappa shape index (κ1) is 12.1. The predicted octanol–water partition coefficient (Wildman–Crippen LogP) is 3.02. The Morgan fingerprint density at radius 3 is 2.88 bits per heavy atom. The molecular formula is C12H11BrN2OS. The van der Waals surface area contributed by atoms with Crippen LogP contribution in [0.5, 0.6) is 0 Å². The van der Waals surface area contributed by atoms with Crippen LogP contribution >= 0.6 is 27.3 Å². The second-order valence-electron chi connectivity index (χ2n) is 3.55. The van der Waals surface area contributed by atoms with Gasteiger partial charge < -0.3 is 11.1 Å². The van der Waals surface area contributed by atoms with Gasteiger partial charge in [0.05, 0.1) is 0 Å². The number of benzene rings is 1. The molecule has 1 amide bonds. The monoisotopic (exact) mass is 310 g/mol. The third-order valence-corrected chi connectivity index (χ3v) is 3.71. The Hall–Kier alpha value is -1.33. The maximum absolute atomic E-state index is 11.8. The number of thiophene rings is 1. The molecule has 0 bridgehead atoms. The zero-order valence-electron chi connectivity index (χ0n) is 8.94. The van der Waals surface area contributed by atoms with Crippen molar-refractivity contribution >= 4 is 38.9 Å². The molecular weight excluding hydrogens is 300 g/mol. The molecule has 0 spiro atoms. The molecule has 0 atom stereocenters. The van der Waals surface area contributed by atoms with E-state index in [2.05, 4.69) is 21.2 Å². The number of rotatable bonds is 3. The Kier molecular flexibility index (Phi) is 3.81. The first-order valence-corrected chi connectivity index (χ1v) is 6.74. The molecule has 2 aromatic rings. The molecule has 0 aliphatic carbocycles. The summed E-state index contributed by atoms with van der Waals surface area (Å²) >= 11 is 4.92. The molecule has 1 aromatic carbocycles. The Balaban J connectivity index is 2.02. The zero-order chi connectivity index (χ0) is 12.3. The Labute approximate surface area is 112 Å². The smallest absolute Gasteiger partial charge is 0.251 e. The van der Waals surface area contributed by atoms with Crippen molar-refractivity contribution in [3.8, 4) is 0 Å². The predicted molar refractivity (Wildman–Crippen MR) is 74.0 cm³/mol. The molecule has 1 aromatic heterocycles. The SMILES string of the molecule is Nc1ccc(C(=O)NCc2ccsc2)cc1Br. The van der Waals surface area contributed by atoms with Gasteiger partial charge in [0.2, 0.25) is 0 Å². The van der Waals surface area contributed by atoms with Gasteiger partial charge in [-0.25, -0.2) is 0 Å². The third-order valence-electron chi connectivity index (χ3n) is 2.30. The molecule has 0 unspecified atom stereocenters. The van der Waals surface area contributed by atoms with E-state index in [1.54, 1.807) is 29.5 Å². The van der Waals surface area contributed by atoms with Crippen LogP contribution in [-0.4, -0.2) is 5.91 Å². The summed E-state index contributed by atoms with van der Waals surface area (Å²) in [6.45, 7) is 0.546. The van der Waals surface area contributed by atoms with Crippen LogP contribution < -0.4 is 11.1 Å². The van der Waals surface area contributed by atoms with Crippen LogP contribution in [0.3, 0.4) is 0 Å². The van der Waals surface area contributed by atoms with Crippen molar-refractivity contribution in [3.05, 3.63) is 50.6 Å². The number of hydrogen-bond acceptors (Lipinski definition) is 3. The fraction of sp³-hybridized carbons (Fsp3) is 0.0833. The average molecular weight is 311 g/mol. The number of nitrogen functional groups attached to an aromatic ring is 1. The van der Waals surface area contributed by atoms with Gasteiger partial charge in [0, 0.05) is 22.3 Å². The van der Waals surface area contributed by atoms with Gasteiger partial charge in [0.1, 0.15) is 0 Å². The van der Waals surface area contributed by atoms with Gasteiger partial charge in [-0.1, -0.05) is 0 Å². The van der Waals surface area contributed by atoms with Crippen molar-refractivity contribution in [2.45, 2.75) is 6.54 Å². The van der Waals surface area contributed by atoms with Gasteiger partial charge >= 0.3 is 0 Å². The normalized spacial score (nSPS) is 10.2. The van der Waals surface area contributed by atoms with Crippen LogP contribution in [0.4, 0.5) is 5.69 Å².